The number of nitrogens with zero attached hydrogens (tertiary/aromatic N) is 5. The average molecular weight is 451 g/mol. The first-order chi connectivity index (χ1) is 15.8. The minimum absolute atomic E-state index is 0.0120. The molecule has 168 valence electrons. The van der Waals surface area contributed by atoms with E-state index >= 15 is 0 Å². The van der Waals surface area contributed by atoms with E-state index in [4.69, 9.17) is 0 Å². The normalized spacial score (nSPS) is 13.3. The van der Waals surface area contributed by atoms with Gasteiger partial charge in [0.1, 0.15) is 29.9 Å². The Bertz CT molecular complexity index is 1290. The van der Waals surface area contributed by atoms with Crippen LogP contribution in [0.2, 0.25) is 0 Å². The van der Waals surface area contributed by atoms with Crippen LogP contribution < -0.4 is 0 Å². The Morgan fingerprint density at radius 2 is 1.82 bits per heavy atom. The molecule has 2 heterocycles. The van der Waals surface area contributed by atoms with Crippen LogP contribution >= 0.6 is 0 Å². The van der Waals surface area contributed by atoms with Crippen molar-refractivity contribution in [1.82, 2.24) is 19.3 Å². The lowest BCUT2D eigenvalue weighted by atomic mass is 9.92. The number of rotatable bonds is 8. The zero-order chi connectivity index (χ0) is 23.4. The van der Waals surface area contributed by atoms with Gasteiger partial charge in [-0.3, -0.25) is 10.1 Å². The van der Waals surface area contributed by atoms with Crippen molar-refractivity contribution in [2.75, 3.05) is 0 Å². The van der Waals surface area contributed by atoms with E-state index in [1.54, 1.807) is 41.2 Å². The fraction of sp³-hybridized carbons (Fsp3) is 0.130. The lowest BCUT2D eigenvalue weighted by molar-refractivity contribution is -0.384. The second-order valence-electron chi connectivity index (χ2n) is 7.55. The first-order valence-corrected chi connectivity index (χ1v) is 9.91. The van der Waals surface area contributed by atoms with E-state index in [0.717, 1.165) is 23.3 Å². The fourth-order valence-corrected chi connectivity index (χ4v) is 3.53. The highest BCUT2D eigenvalue weighted by Crippen LogP contribution is 2.29. The smallest absolute Gasteiger partial charge is 0.269 e. The van der Waals surface area contributed by atoms with Crippen LogP contribution in [0.25, 0.3) is 12.2 Å². The maximum absolute atomic E-state index is 14.6. The number of non-ortho nitro benzene ring substituents is 1. The lowest BCUT2D eigenvalue weighted by Crippen LogP contribution is -2.37. The van der Waals surface area contributed by atoms with Gasteiger partial charge in [0.2, 0.25) is 0 Å². The molecule has 2 aromatic carbocycles. The topological polar surface area (TPSA) is 99.0 Å². The molecule has 0 fully saturated rings. The highest BCUT2D eigenvalue weighted by molar-refractivity contribution is 5.69. The third kappa shape index (κ3) is 5.18. The summed E-state index contributed by atoms with van der Waals surface area (Å²) in [6.07, 6.45) is 9.80. The van der Waals surface area contributed by atoms with Crippen molar-refractivity contribution in [3.63, 3.8) is 0 Å². The fourth-order valence-electron chi connectivity index (χ4n) is 3.53. The third-order valence-electron chi connectivity index (χ3n) is 5.11. The standard InChI is InChI=1S/C23H19F2N5O3/c24-19-5-8-21(22(25)11-19)23(31,14-29-16-26-15-27-29)13-28-10-9-18(12-28)2-1-17-3-6-20(7-4-17)30(32)33/h1-12,15-16,31H,13-14H2/b2-1+. The first-order valence-electron chi connectivity index (χ1n) is 9.91. The molecule has 4 aromatic rings. The molecule has 4 rings (SSSR count). The largest absolute Gasteiger partial charge is 0.381 e. The van der Waals surface area contributed by atoms with Gasteiger partial charge in [-0.2, -0.15) is 5.10 Å². The quantitative estimate of drug-likeness (QED) is 0.322. The van der Waals surface area contributed by atoms with Crippen LogP contribution in [-0.4, -0.2) is 29.4 Å². The van der Waals surface area contributed by atoms with Gasteiger partial charge in [-0.25, -0.2) is 18.4 Å². The Kier molecular flexibility index (Phi) is 6.09. The molecule has 1 atom stereocenters. The summed E-state index contributed by atoms with van der Waals surface area (Å²) in [4.78, 5) is 14.2. The molecule has 2 aromatic heterocycles. The predicted molar refractivity (Wildman–Crippen MR) is 117 cm³/mol. The van der Waals surface area contributed by atoms with Crippen molar-refractivity contribution in [1.29, 1.82) is 0 Å². The SMILES string of the molecule is O=[N+]([O-])c1ccc(/C=C/c2ccn(CC(O)(Cn3cncn3)c3ccc(F)cc3F)c2)cc1. The second-order valence-corrected chi connectivity index (χ2v) is 7.55. The Morgan fingerprint density at radius 1 is 1.06 bits per heavy atom. The number of aliphatic hydroxyl groups is 1. The minimum atomic E-state index is -1.73. The van der Waals surface area contributed by atoms with E-state index in [0.29, 0.717) is 0 Å². The van der Waals surface area contributed by atoms with Crippen molar-refractivity contribution in [2.24, 2.45) is 0 Å². The minimum Gasteiger partial charge on any atom is -0.381 e. The zero-order valence-corrected chi connectivity index (χ0v) is 17.3. The molecule has 1 N–H and O–H groups in total. The summed E-state index contributed by atoms with van der Waals surface area (Å²) in [7, 11) is 0. The number of hydrogen-bond acceptors (Lipinski definition) is 5. The van der Waals surface area contributed by atoms with Crippen molar-refractivity contribution in [3.05, 3.63) is 112 Å². The van der Waals surface area contributed by atoms with Gasteiger partial charge >= 0.3 is 0 Å². The summed E-state index contributed by atoms with van der Waals surface area (Å²) in [6, 6.07) is 11.0. The van der Waals surface area contributed by atoms with E-state index in [9.17, 15) is 24.0 Å². The molecule has 0 radical (unpaired) electrons. The summed E-state index contributed by atoms with van der Waals surface area (Å²) in [6.45, 7) is -0.123. The maximum atomic E-state index is 14.6. The average Bonchev–Trinajstić information content (AvgIpc) is 3.44. The van der Waals surface area contributed by atoms with E-state index in [1.165, 1.54) is 35.5 Å². The third-order valence-corrected chi connectivity index (χ3v) is 5.11. The van der Waals surface area contributed by atoms with Crippen LogP contribution in [0.4, 0.5) is 14.5 Å². The zero-order valence-electron chi connectivity index (χ0n) is 17.3. The molecule has 0 aliphatic heterocycles. The monoisotopic (exact) mass is 451 g/mol. The maximum Gasteiger partial charge on any atom is 0.269 e. The van der Waals surface area contributed by atoms with Crippen LogP contribution in [-0.2, 0) is 18.7 Å². The second kappa shape index (κ2) is 9.13. The van der Waals surface area contributed by atoms with Crippen LogP contribution in [0.15, 0.2) is 73.6 Å². The molecule has 0 bridgehead atoms. The Morgan fingerprint density at radius 3 is 2.48 bits per heavy atom. The van der Waals surface area contributed by atoms with Gasteiger partial charge in [0, 0.05) is 36.2 Å². The van der Waals surface area contributed by atoms with Gasteiger partial charge in [0.05, 0.1) is 18.0 Å². The highest BCUT2D eigenvalue weighted by atomic mass is 19.1. The van der Waals surface area contributed by atoms with Crippen LogP contribution in [0.3, 0.4) is 0 Å². The molecule has 8 nitrogen and oxygen atoms in total. The molecule has 10 heteroatoms. The molecule has 1 unspecified atom stereocenters. The summed E-state index contributed by atoms with van der Waals surface area (Å²) < 4.78 is 31.1. The molecule has 0 saturated carbocycles. The molecule has 0 spiro atoms. The van der Waals surface area contributed by atoms with Crippen molar-refractivity contribution in [3.8, 4) is 0 Å². The van der Waals surface area contributed by atoms with Gasteiger partial charge < -0.3 is 9.67 Å². The Labute approximate surface area is 187 Å². The van der Waals surface area contributed by atoms with Gasteiger partial charge in [-0.05, 0) is 35.4 Å². The van der Waals surface area contributed by atoms with E-state index in [-0.39, 0.29) is 24.3 Å². The molecule has 0 aliphatic rings. The molecular formula is C23H19F2N5O3. The van der Waals surface area contributed by atoms with Gasteiger partial charge in [0.15, 0.2) is 0 Å². The summed E-state index contributed by atoms with van der Waals surface area (Å²) in [5.41, 5.74) is -0.196. The Balaban J connectivity index is 1.56. The predicted octanol–water partition coefficient (Wildman–Crippen LogP) is 4.02. The van der Waals surface area contributed by atoms with Gasteiger partial charge in [0.25, 0.3) is 5.69 Å². The number of hydrogen-bond donors (Lipinski definition) is 1. The summed E-state index contributed by atoms with van der Waals surface area (Å²) in [5.74, 6) is -1.60. The number of nitro groups is 1. The number of aromatic nitrogens is 4. The number of nitro benzene ring substituents is 1. The molecule has 0 amide bonds. The van der Waals surface area contributed by atoms with Crippen molar-refractivity contribution < 1.29 is 18.8 Å². The van der Waals surface area contributed by atoms with Crippen LogP contribution in [0, 0.1) is 21.7 Å². The summed E-state index contributed by atoms with van der Waals surface area (Å²) >= 11 is 0. The van der Waals surface area contributed by atoms with E-state index < -0.39 is 22.2 Å². The van der Waals surface area contributed by atoms with Crippen molar-refractivity contribution >= 4 is 17.8 Å². The van der Waals surface area contributed by atoms with E-state index in [2.05, 4.69) is 10.1 Å². The van der Waals surface area contributed by atoms with E-state index in [1.807, 2.05) is 6.08 Å². The molecular weight excluding hydrogens is 432 g/mol. The Hall–Kier alpha value is -4.18. The molecule has 0 saturated heterocycles. The number of halogens is 2. The molecule has 33 heavy (non-hydrogen) atoms. The lowest BCUT2D eigenvalue weighted by Gasteiger charge is -2.29. The van der Waals surface area contributed by atoms with Gasteiger partial charge in [-0.1, -0.05) is 18.2 Å². The van der Waals surface area contributed by atoms with Crippen LogP contribution in [0.1, 0.15) is 16.7 Å². The first kappa shape index (κ1) is 22.0. The van der Waals surface area contributed by atoms with Crippen molar-refractivity contribution in [2.45, 2.75) is 18.7 Å². The van der Waals surface area contributed by atoms with Gasteiger partial charge in [-0.15, -0.1) is 0 Å². The summed E-state index contributed by atoms with van der Waals surface area (Å²) in [5, 5.41) is 26.2. The number of benzene rings is 2. The highest BCUT2D eigenvalue weighted by Gasteiger charge is 2.34. The van der Waals surface area contributed by atoms with Crippen LogP contribution in [0.5, 0.6) is 0 Å². The molecule has 0 aliphatic carbocycles.